The molecule has 0 spiro atoms. The van der Waals surface area contributed by atoms with E-state index in [4.69, 9.17) is 5.73 Å². The quantitative estimate of drug-likeness (QED) is 0.716. The topological polar surface area (TPSA) is 63.3 Å². The summed E-state index contributed by atoms with van der Waals surface area (Å²) in [6.07, 6.45) is 6.11. The van der Waals surface area contributed by atoms with Gasteiger partial charge >= 0.3 is 0 Å². The number of aliphatic hydroxyl groups is 1. The zero-order valence-corrected chi connectivity index (χ0v) is 8.91. The average molecular weight is 199 g/mol. The molecule has 3 N–H and O–H groups in total. The van der Waals surface area contributed by atoms with E-state index in [-0.39, 0.29) is 11.8 Å². The molecule has 0 bridgehead atoms. The van der Waals surface area contributed by atoms with Crippen molar-refractivity contribution in [3.05, 3.63) is 0 Å². The summed E-state index contributed by atoms with van der Waals surface area (Å²) in [7, 11) is 0. The maximum atomic E-state index is 10.9. The van der Waals surface area contributed by atoms with Crippen molar-refractivity contribution in [1.82, 2.24) is 0 Å². The fourth-order valence-corrected chi connectivity index (χ4v) is 2.24. The Bertz CT molecular complexity index is 188. The van der Waals surface area contributed by atoms with Gasteiger partial charge in [0.2, 0.25) is 0 Å². The van der Waals surface area contributed by atoms with Crippen molar-refractivity contribution in [3.8, 4) is 0 Å². The molecule has 0 aromatic heterocycles. The minimum Gasteiger partial charge on any atom is -0.384 e. The molecule has 14 heavy (non-hydrogen) atoms. The van der Waals surface area contributed by atoms with E-state index in [0.717, 1.165) is 6.42 Å². The van der Waals surface area contributed by atoms with Crippen LogP contribution in [-0.2, 0) is 4.79 Å². The van der Waals surface area contributed by atoms with Gasteiger partial charge < -0.3 is 10.8 Å². The molecule has 0 aromatic rings. The van der Waals surface area contributed by atoms with Gasteiger partial charge in [-0.25, -0.2) is 0 Å². The lowest BCUT2D eigenvalue weighted by molar-refractivity contribution is -0.126. The highest BCUT2D eigenvalue weighted by atomic mass is 16.3. The molecular formula is C11H21NO2. The van der Waals surface area contributed by atoms with E-state index in [0.29, 0.717) is 5.92 Å². The van der Waals surface area contributed by atoms with Gasteiger partial charge in [0.25, 0.3) is 0 Å². The van der Waals surface area contributed by atoms with Crippen LogP contribution in [0.25, 0.3) is 0 Å². The lowest BCUT2D eigenvalue weighted by atomic mass is 9.83. The van der Waals surface area contributed by atoms with E-state index in [9.17, 15) is 9.90 Å². The van der Waals surface area contributed by atoms with Crippen molar-refractivity contribution in [2.45, 2.75) is 57.6 Å². The van der Waals surface area contributed by atoms with Gasteiger partial charge in [-0.3, -0.25) is 4.79 Å². The number of hydrogen-bond donors (Lipinski definition) is 2. The Kier molecular flexibility index (Phi) is 4.55. The molecule has 0 aliphatic heterocycles. The molecular weight excluding hydrogens is 178 g/mol. The van der Waals surface area contributed by atoms with Crippen molar-refractivity contribution in [1.29, 1.82) is 0 Å². The zero-order chi connectivity index (χ0) is 10.6. The number of carbonyl (C=O) groups is 1. The summed E-state index contributed by atoms with van der Waals surface area (Å²) in [5.74, 6) is 0.404. The highest BCUT2D eigenvalue weighted by molar-refractivity contribution is 5.80. The van der Waals surface area contributed by atoms with Gasteiger partial charge in [-0.2, -0.15) is 0 Å². The first-order valence-electron chi connectivity index (χ1n) is 5.55. The molecule has 1 saturated carbocycles. The van der Waals surface area contributed by atoms with Gasteiger partial charge in [-0.15, -0.1) is 0 Å². The number of rotatable bonds is 4. The second kappa shape index (κ2) is 5.47. The van der Waals surface area contributed by atoms with Gasteiger partial charge in [0.05, 0.1) is 0 Å². The van der Waals surface area contributed by atoms with E-state index in [1.54, 1.807) is 0 Å². The maximum Gasteiger partial charge on any atom is 0.159 e. The molecule has 1 fully saturated rings. The highest BCUT2D eigenvalue weighted by Gasteiger charge is 2.23. The SMILES string of the molecule is CC(=O)C(O)C(N)CC1CCCCC1. The summed E-state index contributed by atoms with van der Waals surface area (Å²) in [6.45, 7) is 1.39. The maximum absolute atomic E-state index is 10.9. The van der Waals surface area contributed by atoms with Crippen LogP contribution < -0.4 is 5.73 Å². The summed E-state index contributed by atoms with van der Waals surface area (Å²) in [6, 6.07) is -0.365. The number of carbonyl (C=O) groups excluding carboxylic acids is 1. The molecule has 3 nitrogen and oxygen atoms in total. The first-order valence-corrected chi connectivity index (χ1v) is 5.55. The Morgan fingerprint density at radius 3 is 2.50 bits per heavy atom. The van der Waals surface area contributed by atoms with Crippen LogP contribution in [0.4, 0.5) is 0 Å². The summed E-state index contributed by atoms with van der Waals surface area (Å²) in [5, 5.41) is 9.45. The third-order valence-corrected chi connectivity index (χ3v) is 3.15. The van der Waals surface area contributed by atoms with E-state index in [1.165, 1.54) is 39.0 Å². The third-order valence-electron chi connectivity index (χ3n) is 3.15. The number of aliphatic hydroxyl groups excluding tert-OH is 1. The zero-order valence-electron chi connectivity index (χ0n) is 8.91. The summed E-state index contributed by atoms with van der Waals surface area (Å²) < 4.78 is 0. The van der Waals surface area contributed by atoms with E-state index < -0.39 is 6.10 Å². The van der Waals surface area contributed by atoms with Crippen LogP contribution in [0, 0.1) is 5.92 Å². The van der Waals surface area contributed by atoms with Crippen molar-refractivity contribution >= 4 is 5.78 Å². The minimum atomic E-state index is -0.961. The van der Waals surface area contributed by atoms with Crippen LogP contribution in [0.3, 0.4) is 0 Å². The Morgan fingerprint density at radius 2 is 2.00 bits per heavy atom. The molecule has 1 aliphatic rings. The van der Waals surface area contributed by atoms with Gasteiger partial charge in [-0.05, 0) is 19.3 Å². The summed E-state index contributed by atoms with van der Waals surface area (Å²) in [4.78, 5) is 10.9. The Labute approximate surface area is 85.7 Å². The smallest absolute Gasteiger partial charge is 0.159 e. The van der Waals surface area contributed by atoms with Gasteiger partial charge in [0.15, 0.2) is 5.78 Å². The Morgan fingerprint density at radius 1 is 1.43 bits per heavy atom. The van der Waals surface area contributed by atoms with Crippen LogP contribution in [-0.4, -0.2) is 23.0 Å². The van der Waals surface area contributed by atoms with Crippen molar-refractivity contribution in [2.75, 3.05) is 0 Å². The van der Waals surface area contributed by atoms with Crippen molar-refractivity contribution in [3.63, 3.8) is 0 Å². The molecule has 2 atom stereocenters. The molecule has 1 aliphatic carbocycles. The molecule has 82 valence electrons. The van der Waals surface area contributed by atoms with Crippen LogP contribution in [0.1, 0.15) is 45.4 Å². The molecule has 1 rings (SSSR count). The normalized spacial score (nSPS) is 23.1. The van der Waals surface area contributed by atoms with Gasteiger partial charge in [0.1, 0.15) is 6.10 Å². The van der Waals surface area contributed by atoms with Gasteiger partial charge in [-0.1, -0.05) is 32.1 Å². The predicted molar refractivity (Wildman–Crippen MR) is 55.9 cm³/mol. The fraction of sp³-hybridized carbons (Fsp3) is 0.909. The first-order chi connectivity index (χ1) is 6.61. The largest absolute Gasteiger partial charge is 0.384 e. The van der Waals surface area contributed by atoms with E-state index in [2.05, 4.69) is 0 Å². The standard InChI is InChI=1S/C11H21NO2/c1-8(13)11(14)10(12)7-9-5-3-2-4-6-9/h9-11,14H,2-7,12H2,1H3. The monoisotopic (exact) mass is 199 g/mol. The molecule has 0 amide bonds. The lowest BCUT2D eigenvalue weighted by Crippen LogP contribution is -2.41. The van der Waals surface area contributed by atoms with Crippen molar-refractivity contribution in [2.24, 2.45) is 11.7 Å². The fourth-order valence-electron chi connectivity index (χ4n) is 2.24. The second-order valence-electron chi connectivity index (χ2n) is 4.46. The number of nitrogens with two attached hydrogens (primary N) is 1. The number of Topliss-reactive ketones (excluding diaryl/α,β-unsaturated/α-hetero) is 1. The predicted octanol–water partition coefficient (Wildman–Crippen LogP) is 1.23. The van der Waals surface area contributed by atoms with Crippen LogP contribution in [0.2, 0.25) is 0 Å². The van der Waals surface area contributed by atoms with Crippen LogP contribution in [0.5, 0.6) is 0 Å². The van der Waals surface area contributed by atoms with E-state index in [1.807, 2.05) is 0 Å². The molecule has 0 saturated heterocycles. The first kappa shape index (κ1) is 11.7. The highest BCUT2D eigenvalue weighted by Crippen LogP contribution is 2.27. The minimum absolute atomic E-state index is 0.215. The molecule has 0 aromatic carbocycles. The van der Waals surface area contributed by atoms with Crippen molar-refractivity contribution < 1.29 is 9.90 Å². The summed E-state index contributed by atoms with van der Waals surface area (Å²) >= 11 is 0. The number of ketones is 1. The van der Waals surface area contributed by atoms with E-state index >= 15 is 0 Å². The third kappa shape index (κ3) is 3.39. The molecule has 3 heteroatoms. The second-order valence-corrected chi connectivity index (χ2v) is 4.46. The van der Waals surface area contributed by atoms with Gasteiger partial charge in [0, 0.05) is 6.04 Å². The van der Waals surface area contributed by atoms with Crippen LogP contribution >= 0.6 is 0 Å². The lowest BCUT2D eigenvalue weighted by Gasteiger charge is -2.26. The average Bonchev–Trinajstić information content (AvgIpc) is 2.18. The Balaban J connectivity index is 2.31. The van der Waals surface area contributed by atoms with Crippen LogP contribution in [0.15, 0.2) is 0 Å². The summed E-state index contributed by atoms with van der Waals surface area (Å²) in [5.41, 5.74) is 5.78. The molecule has 0 radical (unpaired) electrons. The number of hydrogen-bond acceptors (Lipinski definition) is 3. The Hall–Kier alpha value is -0.410. The molecule has 0 heterocycles. The molecule has 2 unspecified atom stereocenters.